The van der Waals surface area contributed by atoms with Gasteiger partial charge < -0.3 is 19.3 Å². The van der Waals surface area contributed by atoms with Crippen LogP contribution in [-0.2, 0) is 17.8 Å². The number of para-hydroxylation sites is 3. The first-order valence-corrected chi connectivity index (χ1v) is 9.35. The van der Waals surface area contributed by atoms with Gasteiger partial charge in [-0.05, 0) is 31.3 Å². The monoisotopic (exact) mass is 414 g/mol. The first kappa shape index (κ1) is 21.3. The van der Waals surface area contributed by atoms with Gasteiger partial charge >= 0.3 is 0 Å². The predicted octanol–water partition coefficient (Wildman–Crippen LogP) is 2.91. The molecule has 0 aliphatic rings. The fourth-order valence-electron chi connectivity index (χ4n) is 2.70. The van der Waals surface area contributed by atoms with Gasteiger partial charge in [-0.3, -0.25) is 9.69 Å². The van der Waals surface area contributed by atoms with E-state index < -0.39 is 5.82 Å². The van der Waals surface area contributed by atoms with Crippen molar-refractivity contribution in [2.45, 2.75) is 13.0 Å². The summed E-state index contributed by atoms with van der Waals surface area (Å²) in [6.07, 6.45) is -0.0261. The number of likely N-dealkylation sites (N-methyl/N-ethyl adjacent to an activating group) is 1. The fraction of sp³-hybridized carbons (Fsp3) is 0.286. The normalized spacial score (nSPS) is 10.8. The van der Waals surface area contributed by atoms with E-state index in [-0.39, 0.29) is 23.9 Å². The summed E-state index contributed by atoms with van der Waals surface area (Å²) in [6.45, 7) is 1.21. The lowest BCUT2D eigenvalue weighted by Gasteiger charge is -2.14. The molecule has 3 rings (SSSR count). The summed E-state index contributed by atoms with van der Waals surface area (Å²) < 4.78 is 29.4. The largest absolute Gasteiger partial charge is 0.495 e. The number of halogens is 1. The van der Waals surface area contributed by atoms with Crippen LogP contribution in [0.1, 0.15) is 11.7 Å². The molecule has 0 fully saturated rings. The van der Waals surface area contributed by atoms with Crippen LogP contribution >= 0.6 is 0 Å². The highest BCUT2D eigenvalue weighted by Crippen LogP contribution is 2.23. The Morgan fingerprint density at radius 1 is 1.17 bits per heavy atom. The second-order valence-corrected chi connectivity index (χ2v) is 6.55. The molecule has 1 amide bonds. The van der Waals surface area contributed by atoms with E-state index in [4.69, 9.17) is 14.0 Å². The van der Waals surface area contributed by atoms with E-state index in [2.05, 4.69) is 15.5 Å². The number of amides is 1. The number of anilines is 1. The zero-order valence-corrected chi connectivity index (χ0v) is 16.8. The number of nitrogens with one attached hydrogen (secondary N) is 1. The van der Waals surface area contributed by atoms with Crippen molar-refractivity contribution in [2.75, 3.05) is 32.6 Å². The molecular formula is C21H23FN4O4. The number of ether oxygens (including phenoxy) is 2. The van der Waals surface area contributed by atoms with Crippen molar-refractivity contribution in [3.05, 3.63) is 66.1 Å². The summed E-state index contributed by atoms with van der Waals surface area (Å²) in [6, 6.07) is 13.4. The van der Waals surface area contributed by atoms with Crippen LogP contribution in [0, 0.1) is 5.82 Å². The van der Waals surface area contributed by atoms with Crippen molar-refractivity contribution in [3.8, 4) is 11.5 Å². The minimum Gasteiger partial charge on any atom is -0.495 e. The van der Waals surface area contributed by atoms with Crippen molar-refractivity contribution >= 4 is 11.6 Å². The molecule has 0 radical (unpaired) electrons. The van der Waals surface area contributed by atoms with Gasteiger partial charge in [0.05, 0.1) is 25.8 Å². The Morgan fingerprint density at radius 3 is 2.67 bits per heavy atom. The van der Waals surface area contributed by atoms with Crippen LogP contribution in [0.2, 0.25) is 0 Å². The van der Waals surface area contributed by atoms with E-state index >= 15 is 0 Å². The van der Waals surface area contributed by atoms with E-state index in [1.807, 2.05) is 18.0 Å². The maximum Gasteiger partial charge on any atom is 0.240 e. The smallest absolute Gasteiger partial charge is 0.240 e. The average Bonchev–Trinajstić information content (AvgIpc) is 3.16. The molecule has 30 heavy (non-hydrogen) atoms. The van der Waals surface area contributed by atoms with Crippen LogP contribution in [0.25, 0.3) is 0 Å². The standard InChI is InChI=1S/C21H23FN4O4/c1-26(11-12-29-17-9-5-3-7-15(17)22)14-21-24-19(25-30-21)13-20(27)23-16-8-4-6-10-18(16)28-2/h3-10H,11-14H2,1-2H3,(H,23,27). The second-order valence-electron chi connectivity index (χ2n) is 6.55. The second kappa shape index (κ2) is 10.4. The van der Waals surface area contributed by atoms with Gasteiger partial charge in [0.25, 0.3) is 0 Å². The van der Waals surface area contributed by atoms with Crippen molar-refractivity contribution in [3.63, 3.8) is 0 Å². The molecule has 1 aromatic heterocycles. The molecule has 0 bridgehead atoms. The molecular weight excluding hydrogens is 391 g/mol. The highest BCUT2D eigenvalue weighted by atomic mass is 19.1. The summed E-state index contributed by atoms with van der Waals surface area (Å²) in [5, 5.41) is 6.61. The maximum atomic E-state index is 13.5. The third kappa shape index (κ3) is 6.02. The van der Waals surface area contributed by atoms with Gasteiger partial charge in [0.1, 0.15) is 12.4 Å². The minimum atomic E-state index is -0.395. The summed E-state index contributed by atoms with van der Waals surface area (Å²) in [5.74, 6) is 0.773. The molecule has 9 heteroatoms. The summed E-state index contributed by atoms with van der Waals surface area (Å²) >= 11 is 0. The third-order valence-corrected chi connectivity index (χ3v) is 4.18. The summed E-state index contributed by atoms with van der Waals surface area (Å²) in [7, 11) is 3.39. The van der Waals surface area contributed by atoms with Crippen LogP contribution in [0.4, 0.5) is 10.1 Å². The lowest BCUT2D eigenvalue weighted by molar-refractivity contribution is -0.115. The first-order valence-electron chi connectivity index (χ1n) is 9.35. The molecule has 1 heterocycles. The lowest BCUT2D eigenvalue weighted by atomic mass is 10.2. The van der Waals surface area contributed by atoms with Crippen LogP contribution in [0.5, 0.6) is 11.5 Å². The third-order valence-electron chi connectivity index (χ3n) is 4.18. The molecule has 0 saturated heterocycles. The molecule has 158 valence electrons. The van der Waals surface area contributed by atoms with E-state index in [9.17, 15) is 9.18 Å². The van der Waals surface area contributed by atoms with Gasteiger partial charge in [-0.2, -0.15) is 4.98 Å². The van der Waals surface area contributed by atoms with Crippen LogP contribution in [0.15, 0.2) is 53.1 Å². The van der Waals surface area contributed by atoms with E-state index in [0.717, 1.165) is 0 Å². The molecule has 0 aliphatic heterocycles. The van der Waals surface area contributed by atoms with Crippen molar-refractivity contribution in [2.24, 2.45) is 0 Å². The van der Waals surface area contributed by atoms with Gasteiger partial charge in [0.15, 0.2) is 17.4 Å². The number of hydrogen-bond donors (Lipinski definition) is 1. The van der Waals surface area contributed by atoms with Crippen LogP contribution in [-0.4, -0.2) is 48.3 Å². The van der Waals surface area contributed by atoms with Crippen LogP contribution < -0.4 is 14.8 Å². The van der Waals surface area contributed by atoms with Gasteiger partial charge in [-0.1, -0.05) is 29.4 Å². The van der Waals surface area contributed by atoms with Crippen LogP contribution in [0.3, 0.4) is 0 Å². The molecule has 0 saturated carbocycles. The zero-order chi connectivity index (χ0) is 21.3. The molecule has 2 aromatic carbocycles. The molecule has 0 unspecified atom stereocenters. The highest BCUT2D eigenvalue weighted by molar-refractivity contribution is 5.93. The van der Waals surface area contributed by atoms with Crippen molar-refractivity contribution in [1.82, 2.24) is 15.0 Å². The van der Waals surface area contributed by atoms with Gasteiger partial charge in [0.2, 0.25) is 11.8 Å². The Morgan fingerprint density at radius 2 is 1.90 bits per heavy atom. The Kier molecular flexibility index (Phi) is 7.34. The van der Waals surface area contributed by atoms with E-state index in [0.29, 0.717) is 37.0 Å². The highest BCUT2D eigenvalue weighted by Gasteiger charge is 2.14. The maximum absolute atomic E-state index is 13.5. The molecule has 3 aromatic rings. The quantitative estimate of drug-likeness (QED) is 0.546. The Balaban J connectivity index is 1.45. The average molecular weight is 414 g/mol. The number of methoxy groups -OCH3 is 1. The number of benzene rings is 2. The van der Waals surface area contributed by atoms with Crippen molar-refractivity contribution in [1.29, 1.82) is 0 Å². The number of rotatable bonds is 10. The number of carbonyl (C=O) groups is 1. The number of hydrogen-bond acceptors (Lipinski definition) is 7. The Bertz CT molecular complexity index is 979. The first-order chi connectivity index (χ1) is 14.5. The van der Waals surface area contributed by atoms with Gasteiger partial charge in [-0.15, -0.1) is 0 Å². The molecule has 0 atom stereocenters. The summed E-state index contributed by atoms with van der Waals surface area (Å²) in [5.41, 5.74) is 0.573. The SMILES string of the molecule is COc1ccccc1NC(=O)Cc1noc(CN(C)CCOc2ccccc2F)n1. The Hall–Kier alpha value is -3.46. The minimum absolute atomic E-state index is 0.0261. The predicted molar refractivity (Wildman–Crippen MR) is 108 cm³/mol. The summed E-state index contributed by atoms with van der Waals surface area (Å²) in [4.78, 5) is 18.4. The number of nitrogens with zero attached hydrogens (tertiary/aromatic N) is 3. The number of carbonyl (C=O) groups excluding carboxylic acids is 1. The Labute approximate surface area is 173 Å². The molecule has 1 N–H and O–H groups in total. The zero-order valence-electron chi connectivity index (χ0n) is 16.8. The molecule has 0 spiro atoms. The van der Waals surface area contributed by atoms with Gasteiger partial charge in [-0.25, -0.2) is 4.39 Å². The topological polar surface area (TPSA) is 89.7 Å². The molecule has 0 aliphatic carbocycles. The van der Waals surface area contributed by atoms with Gasteiger partial charge in [0, 0.05) is 6.54 Å². The lowest BCUT2D eigenvalue weighted by Crippen LogP contribution is -2.24. The van der Waals surface area contributed by atoms with E-state index in [1.165, 1.54) is 13.2 Å². The molecule has 8 nitrogen and oxygen atoms in total. The van der Waals surface area contributed by atoms with E-state index in [1.54, 1.807) is 36.4 Å². The number of aromatic nitrogens is 2. The fourth-order valence-corrected chi connectivity index (χ4v) is 2.70. The van der Waals surface area contributed by atoms with Crippen molar-refractivity contribution < 1.29 is 23.2 Å².